The zero-order valence-electron chi connectivity index (χ0n) is 13.1. The van der Waals surface area contributed by atoms with Crippen LogP contribution in [0.3, 0.4) is 0 Å². The van der Waals surface area contributed by atoms with E-state index in [2.05, 4.69) is 10.3 Å². The first-order valence-electron chi connectivity index (χ1n) is 7.23. The summed E-state index contributed by atoms with van der Waals surface area (Å²) in [4.78, 5) is 16.4. The molecule has 0 fully saturated rings. The molecule has 120 valence electrons. The van der Waals surface area contributed by atoms with E-state index in [0.717, 1.165) is 16.5 Å². The van der Waals surface area contributed by atoms with Gasteiger partial charge >= 0.3 is 6.03 Å². The molecule has 2 amide bonds. The molecule has 0 aliphatic rings. The first kappa shape index (κ1) is 16.3. The summed E-state index contributed by atoms with van der Waals surface area (Å²) in [7, 11) is 1.63. The van der Waals surface area contributed by atoms with Crippen LogP contribution in [0.4, 0.5) is 9.18 Å². The molecule has 0 saturated heterocycles. The van der Waals surface area contributed by atoms with Crippen molar-refractivity contribution in [2.45, 2.75) is 25.9 Å². The number of aliphatic hydroxyl groups is 1. The number of carbonyl (C=O) groups is 1. The van der Waals surface area contributed by atoms with Crippen molar-refractivity contribution in [1.82, 2.24) is 15.2 Å². The molecule has 5 nitrogen and oxygen atoms in total. The van der Waals surface area contributed by atoms with E-state index in [1.54, 1.807) is 27.0 Å². The summed E-state index contributed by atoms with van der Waals surface area (Å²) in [5.74, 6) is -0.276. The van der Waals surface area contributed by atoms with Gasteiger partial charge in [-0.3, -0.25) is 0 Å². The highest BCUT2D eigenvalue weighted by Gasteiger charge is 2.19. The molecule has 6 heteroatoms. The molecule has 0 aliphatic carbocycles. The maximum atomic E-state index is 13.3. The molecule has 1 aromatic heterocycles. The lowest BCUT2D eigenvalue weighted by molar-refractivity contribution is 0.0532. The van der Waals surface area contributed by atoms with Crippen LogP contribution in [0, 0.1) is 5.82 Å². The van der Waals surface area contributed by atoms with Crippen LogP contribution in [0.2, 0.25) is 0 Å². The van der Waals surface area contributed by atoms with Crippen molar-refractivity contribution in [3.63, 3.8) is 0 Å². The Balaban J connectivity index is 1.90. The zero-order chi connectivity index (χ0) is 16.3. The summed E-state index contributed by atoms with van der Waals surface area (Å²) >= 11 is 0. The number of nitrogens with zero attached hydrogens (tertiary/aromatic N) is 1. The summed E-state index contributed by atoms with van der Waals surface area (Å²) < 4.78 is 13.3. The van der Waals surface area contributed by atoms with Crippen LogP contribution in [0.1, 0.15) is 19.4 Å². The number of hydrogen-bond donors (Lipinski definition) is 3. The Bertz CT molecular complexity index is 661. The predicted molar refractivity (Wildman–Crippen MR) is 84.3 cm³/mol. The normalized spacial score (nSPS) is 11.7. The lowest BCUT2D eigenvalue weighted by atomic mass is 10.1. The third-order valence-corrected chi connectivity index (χ3v) is 3.37. The number of carbonyl (C=O) groups excluding carboxylic acids is 1. The van der Waals surface area contributed by atoms with Gasteiger partial charge in [0.2, 0.25) is 0 Å². The fourth-order valence-corrected chi connectivity index (χ4v) is 2.45. The van der Waals surface area contributed by atoms with Crippen LogP contribution in [0.5, 0.6) is 0 Å². The van der Waals surface area contributed by atoms with Crippen LogP contribution >= 0.6 is 0 Å². The Kier molecular flexibility index (Phi) is 4.71. The summed E-state index contributed by atoms with van der Waals surface area (Å²) in [6.45, 7) is 3.99. The van der Waals surface area contributed by atoms with E-state index in [-0.39, 0.29) is 18.4 Å². The van der Waals surface area contributed by atoms with Gasteiger partial charge in [-0.2, -0.15) is 0 Å². The van der Waals surface area contributed by atoms with Crippen molar-refractivity contribution in [1.29, 1.82) is 0 Å². The summed E-state index contributed by atoms with van der Waals surface area (Å²) in [5, 5.41) is 13.3. The molecule has 1 aromatic carbocycles. The first-order valence-corrected chi connectivity index (χ1v) is 7.23. The number of H-pyrrole nitrogens is 1. The Morgan fingerprint density at radius 2 is 2.18 bits per heavy atom. The molecular weight excluding hydrogens is 285 g/mol. The van der Waals surface area contributed by atoms with Gasteiger partial charge in [-0.1, -0.05) is 0 Å². The third kappa shape index (κ3) is 4.21. The van der Waals surface area contributed by atoms with Gasteiger partial charge < -0.3 is 20.3 Å². The molecule has 0 radical (unpaired) electrons. The molecule has 22 heavy (non-hydrogen) atoms. The van der Waals surface area contributed by atoms with Gasteiger partial charge in [0.05, 0.1) is 12.1 Å². The Morgan fingerprint density at radius 3 is 2.86 bits per heavy atom. The highest BCUT2D eigenvalue weighted by Crippen LogP contribution is 2.19. The van der Waals surface area contributed by atoms with Crippen LogP contribution in [-0.4, -0.2) is 46.8 Å². The van der Waals surface area contributed by atoms with Crippen LogP contribution < -0.4 is 5.32 Å². The molecule has 0 atom stereocenters. The SMILES string of the molecule is CN(CC(C)(C)O)C(=O)NCCc1c[nH]c2ccc(F)cc12. The number of amides is 2. The van der Waals surface area contributed by atoms with Crippen molar-refractivity contribution >= 4 is 16.9 Å². The molecule has 0 bridgehead atoms. The van der Waals surface area contributed by atoms with Gasteiger partial charge in [-0.05, 0) is 44.0 Å². The largest absolute Gasteiger partial charge is 0.389 e. The number of aromatic amines is 1. The molecular formula is C16H22FN3O2. The predicted octanol–water partition coefficient (Wildman–Crippen LogP) is 2.26. The molecule has 1 heterocycles. The average molecular weight is 307 g/mol. The first-order chi connectivity index (χ1) is 10.3. The van der Waals surface area contributed by atoms with E-state index in [0.29, 0.717) is 13.0 Å². The topological polar surface area (TPSA) is 68.4 Å². The second kappa shape index (κ2) is 6.36. The Hall–Kier alpha value is -2.08. The molecule has 2 rings (SSSR count). The maximum Gasteiger partial charge on any atom is 0.317 e. The summed E-state index contributed by atoms with van der Waals surface area (Å²) in [5.41, 5.74) is 0.905. The Labute approximate surface area is 129 Å². The van der Waals surface area contributed by atoms with Gasteiger partial charge in [-0.15, -0.1) is 0 Å². The van der Waals surface area contributed by atoms with Crippen molar-refractivity contribution in [3.8, 4) is 0 Å². The number of benzene rings is 1. The minimum atomic E-state index is -0.930. The van der Waals surface area contributed by atoms with E-state index >= 15 is 0 Å². The standard InChI is InChI=1S/C16H22FN3O2/c1-16(2,22)10-20(3)15(21)18-7-6-11-9-19-14-5-4-12(17)8-13(11)14/h4-5,8-9,19,22H,6-7,10H2,1-3H3,(H,18,21). The zero-order valence-corrected chi connectivity index (χ0v) is 13.1. The molecule has 0 saturated carbocycles. The Morgan fingerprint density at radius 1 is 1.45 bits per heavy atom. The lowest BCUT2D eigenvalue weighted by Crippen LogP contribution is -2.45. The highest BCUT2D eigenvalue weighted by atomic mass is 19.1. The minimum Gasteiger partial charge on any atom is -0.389 e. The fourth-order valence-electron chi connectivity index (χ4n) is 2.45. The van der Waals surface area contributed by atoms with Crippen molar-refractivity contribution in [2.24, 2.45) is 0 Å². The quantitative estimate of drug-likeness (QED) is 0.793. The van der Waals surface area contributed by atoms with Crippen LogP contribution in [0.25, 0.3) is 10.9 Å². The van der Waals surface area contributed by atoms with Crippen molar-refractivity contribution in [3.05, 3.63) is 35.8 Å². The van der Waals surface area contributed by atoms with Crippen LogP contribution in [0.15, 0.2) is 24.4 Å². The summed E-state index contributed by atoms with van der Waals surface area (Å²) in [6, 6.07) is 4.36. The summed E-state index contributed by atoms with van der Waals surface area (Å²) in [6.07, 6.45) is 2.43. The third-order valence-electron chi connectivity index (χ3n) is 3.37. The van der Waals surface area contributed by atoms with E-state index in [9.17, 15) is 14.3 Å². The number of halogens is 1. The van der Waals surface area contributed by atoms with Gasteiger partial charge in [0.15, 0.2) is 0 Å². The monoisotopic (exact) mass is 307 g/mol. The van der Waals surface area contributed by atoms with Gasteiger partial charge in [0, 0.05) is 30.7 Å². The van der Waals surface area contributed by atoms with Crippen molar-refractivity contribution < 1.29 is 14.3 Å². The number of rotatable bonds is 5. The second-order valence-corrected chi connectivity index (χ2v) is 6.15. The lowest BCUT2D eigenvalue weighted by Gasteiger charge is -2.25. The molecule has 2 aromatic rings. The van der Waals surface area contributed by atoms with Crippen molar-refractivity contribution in [2.75, 3.05) is 20.1 Å². The molecule has 3 N–H and O–H groups in total. The minimum absolute atomic E-state index is 0.242. The van der Waals surface area contributed by atoms with E-state index in [1.807, 2.05) is 6.20 Å². The molecule has 0 aliphatic heterocycles. The number of hydrogen-bond acceptors (Lipinski definition) is 2. The smallest absolute Gasteiger partial charge is 0.317 e. The fraction of sp³-hybridized carbons (Fsp3) is 0.438. The average Bonchev–Trinajstić information content (AvgIpc) is 2.79. The van der Waals surface area contributed by atoms with Gasteiger partial charge in [-0.25, -0.2) is 9.18 Å². The number of fused-ring (bicyclic) bond motifs is 1. The van der Waals surface area contributed by atoms with E-state index in [1.165, 1.54) is 17.0 Å². The van der Waals surface area contributed by atoms with Gasteiger partial charge in [0.1, 0.15) is 5.82 Å². The number of likely N-dealkylation sites (N-methyl/N-ethyl adjacent to an activating group) is 1. The van der Waals surface area contributed by atoms with Crippen LogP contribution in [-0.2, 0) is 6.42 Å². The second-order valence-electron chi connectivity index (χ2n) is 6.15. The number of aromatic nitrogens is 1. The molecule has 0 spiro atoms. The highest BCUT2D eigenvalue weighted by molar-refractivity contribution is 5.83. The molecule has 0 unspecified atom stereocenters. The number of nitrogens with one attached hydrogen (secondary N) is 2. The van der Waals surface area contributed by atoms with E-state index in [4.69, 9.17) is 0 Å². The van der Waals surface area contributed by atoms with Gasteiger partial charge in [0.25, 0.3) is 0 Å². The number of urea groups is 1. The maximum absolute atomic E-state index is 13.3. The van der Waals surface area contributed by atoms with E-state index < -0.39 is 5.60 Å².